The molecular formula is C23H27N5O2S. The molecule has 2 amide bonds. The van der Waals surface area contributed by atoms with E-state index in [0.29, 0.717) is 19.6 Å². The number of piperazine rings is 1. The number of amides is 2. The molecule has 0 aliphatic carbocycles. The van der Waals surface area contributed by atoms with Crippen molar-refractivity contribution in [1.82, 2.24) is 20.2 Å². The topological polar surface area (TPSA) is 78.4 Å². The Morgan fingerprint density at radius 2 is 1.81 bits per heavy atom. The Morgan fingerprint density at radius 1 is 1.00 bits per heavy atom. The van der Waals surface area contributed by atoms with Gasteiger partial charge >= 0.3 is 0 Å². The zero-order valence-electron chi connectivity index (χ0n) is 17.5. The van der Waals surface area contributed by atoms with Gasteiger partial charge in [-0.25, -0.2) is 9.97 Å². The van der Waals surface area contributed by atoms with Crippen LogP contribution in [0.1, 0.15) is 24.8 Å². The van der Waals surface area contributed by atoms with Crippen LogP contribution < -0.4 is 10.2 Å². The minimum absolute atomic E-state index is 0.0463. The zero-order chi connectivity index (χ0) is 21.5. The molecule has 0 radical (unpaired) electrons. The highest BCUT2D eigenvalue weighted by atomic mass is 32.1. The monoisotopic (exact) mass is 437 g/mol. The van der Waals surface area contributed by atoms with E-state index >= 15 is 0 Å². The predicted octanol–water partition coefficient (Wildman–Crippen LogP) is 2.87. The molecule has 8 heteroatoms. The first-order chi connectivity index (χ1) is 15.2. The molecule has 4 rings (SSSR count). The number of pyridine rings is 1. The molecule has 1 saturated heterocycles. The maximum absolute atomic E-state index is 12.5. The molecule has 31 heavy (non-hydrogen) atoms. The highest BCUT2D eigenvalue weighted by molar-refractivity contribution is 7.21. The lowest BCUT2D eigenvalue weighted by molar-refractivity contribution is -0.133. The minimum Gasteiger partial charge on any atom is -0.356 e. The highest BCUT2D eigenvalue weighted by Gasteiger charge is 2.23. The van der Waals surface area contributed by atoms with Gasteiger partial charge in [0.25, 0.3) is 0 Å². The van der Waals surface area contributed by atoms with Crippen molar-refractivity contribution in [2.75, 3.05) is 37.6 Å². The number of nitrogens with one attached hydrogen (secondary N) is 1. The van der Waals surface area contributed by atoms with Crippen LogP contribution in [0.15, 0.2) is 48.7 Å². The molecule has 3 aromatic rings. The molecule has 1 aromatic carbocycles. The van der Waals surface area contributed by atoms with E-state index in [-0.39, 0.29) is 24.7 Å². The van der Waals surface area contributed by atoms with Gasteiger partial charge in [0.15, 0.2) is 5.13 Å². The third-order valence-electron chi connectivity index (χ3n) is 5.43. The Balaban J connectivity index is 1.14. The van der Waals surface area contributed by atoms with E-state index in [9.17, 15) is 9.59 Å². The first kappa shape index (κ1) is 21.2. The molecule has 1 N–H and O–H groups in total. The minimum atomic E-state index is -0.0537. The third-order valence-corrected chi connectivity index (χ3v) is 6.47. The van der Waals surface area contributed by atoms with Gasteiger partial charge in [0.05, 0.1) is 0 Å². The fourth-order valence-corrected chi connectivity index (χ4v) is 4.63. The van der Waals surface area contributed by atoms with Crippen LogP contribution in [0, 0.1) is 0 Å². The van der Waals surface area contributed by atoms with Crippen molar-refractivity contribution in [2.45, 2.75) is 25.7 Å². The number of aromatic nitrogens is 2. The number of nitrogens with zero attached hydrogens (tertiary/aromatic N) is 4. The highest BCUT2D eigenvalue weighted by Crippen LogP contribution is 2.27. The third kappa shape index (κ3) is 5.79. The van der Waals surface area contributed by atoms with Crippen molar-refractivity contribution in [3.05, 3.63) is 54.2 Å². The molecule has 0 saturated carbocycles. The van der Waals surface area contributed by atoms with Gasteiger partial charge in [0.2, 0.25) is 11.8 Å². The van der Waals surface area contributed by atoms with Crippen LogP contribution in [-0.2, 0) is 16.0 Å². The SMILES string of the molecule is O=C(CCC(=O)N1CCN(c2nc3cccnc3s2)CC1)NCCCc1ccccc1. The molecule has 0 atom stereocenters. The van der Waals surface area contributed by atoms with Gasteiger partial charge in [0, 0.05) is 51.8 Å². The summed E-state index contributed by atoms with van der Waals surface area (Å²) in [5.74, 6) is -0.00734. The fourth-order valence-electron chi connectivity index (χ4n) is 3.67. The maximum Gasteiger partial charge on any atom is 0.223 e. The fraction of sp³-hybridized carbons (Fsp3) is 0.391. The van der Waals surface area contributed by atoms with Gasteiger partial charge in [-0.3, -0.25) is 9.59 Å². The lowest BCUT2D eigenvalue weighted by Crippen LogP contribution is -2.48. The van der Waals surface area contributed by atoms with Crippen molar-refractivity contribution in [2.24, 2.45) is 0 Å². The van der Waals surface area contributed by atoms with Gasteiger partial charge < -0.3 is 15.1 Å². The lowest BCUT2D eigenvalue weighted by Gasteiger charge is -2.34. The number of hydrogen-bond donors (Lipinski definition) is 1. The van der Waals surface area contributed by atoms with Crippen molar-refractivity contribution in [3.63, 3.8) is 0 Å². The standard InChI is InChI=1S/C23H27N5O2S/c29-20(24-12-4-8-18-6-2-1-3-7-18)10-11-21(30)27-14-16-28(17-15-27)23-26-19-9-5-13-25-22(19)31-23/h1-3,5-7,9,13H,4,8,10-12,14-17H2,(H,24,29). The Labute approximate surface area is 186 Å². The van der Waals surface area contributed by atoms with Gasteiger partial charge in [0.1, 0.15) is 10.3 Å². The number of rotatable bonds is 8. The molecule has 0 unspecified atom stereocenters. The molecule has 1 aliphatic rings. The van der Waals surface area contributed by atoms with Crippen LogP contribution >= 0.6 is 11.3 Å². The van der Waals surface area contributed by atoms with Gasteiger partial charge in [-0.1, -0.05) is 41.7 Å². The summed E-state index contributed by atoms with van der Waals surface area (Å²) in [6.45, 7) is 3.44. The van der Waals surface area contributed by atoms with Crippen LogP contribution in [-0.4, -0.2) is 59.4 Å². The molecule has 0 bridgehead atoms. The smallest absolute Gasteiger partial charge is 0.223 e. The number of carbonyl (C=O) groups excluding carboxylic acids is 2. The normalized spacial score (nSPS) is 14.1. The Hall–Kier alpha value is -3.00. The summed E-state index contributed by atoms with van der Waals surface area (Å²) in [5.41, 5.74) is 2.18. The van der Waals surface area contributed by atoms with Gasteiger partial charge in [-0.15, -0.1) is 0 Å². The second-order valence-corrected chi connectivity index (χ2v) is 8.59. The number of aryl methyl sites for hydroxylation is 1. The zero-order valence-corrected chi connectivity index (χ0v) is 18.3. The molecular weight excluding hydrogens is 410 g/mol. The van der Waals surface area contributed by atoms with E-state index in [2.05, 4.69) is 32.3 Å². The summed E-state index contributed by atoms with van der Waals surface area (Å²) in [4.78, 5) is 38.6. The first-order valence-electron chi connectivity index (χ1n) is 10.7. The van der Waals surface area contributed by atoms with E-state index in [4.69, 9.17) is 0 Å². The summed E-state index contributed by atoms with van der Waals surface area (Å²) < 4.78 is 0. The molecule has 7 nitrogen and oxygen atoms in total. The van der Waals surface area contributed by atoms with E-state index in [0.717, 1.165) is 41.4 Å². The van der Waals surface area contributed by atoms with Crippen LogP contribution in [0.4, 0.5) is 5.13 Å². The number of fused-ring (bicyclic) bond motifs is 1. The Morgan fingerprint density at radius 3 is 2.58 bits per heavy atom. The predicted molar refractivity (Wildman–Crippen MR) is 123 cm³/mol. The average molecular weight is 438 g/mol. The largest absolute Gasteiger partial charge is 0.356 e. The van der Waals surface area contributed by atoms with Crippen LogP contribution in [0.25, 0.3) is 10.3 Å². The quantitative estimate of drug-likeness (QED) is 0.548. The van der Waals surface area contributed by atoms with Crippen LogP contribution in [0.3, 0.4) is 0 Å². The second kappa shape index (κ2) is 10.3. The number of carbonyl (C=O) groups is 2. The van der Waals surface area contributed by atoms with E-state index in [1.54, 1.807) is 17.5 Å². The number of hydrogen-bond acceptors (Lipinski definition) is 6. The molecule has 0 spiro atoms. The second-order valence-electron chi connectivity index (χ2n) is 7.63. The van der Waals surface area contributed by atoms with Crippen molar-refractivity contribution < 1.29 is 9.59 Å². The van der Waals surface area contributed by atoms with Crippen molar-refractivity contribution >= 4 is 38.6 Å². The summed E-state index contributed by atoms with van der Waals surface area (Å²) in [6.07, 6.45) is 4.12. The van der Waals surface area contributed by atoms with Gasteiger partial charge in [-0.05, 0) is 30.5 Å². The Bertz CT molecular complexity index is 982. The lowest BCUT2D eigenvalue weighted by atomic mass is 10.1. The Kier molecular flexibility index (Phi) is 7.09. The first-order valence-corrected chi connectivity index (χ1v) is 11.6. The summed E-state index contributed by atoms with van der Waals surface area (Å²) >= 11 is 1.58. The molecule has 1 fully saturated rings. The van der Waals surface area contributed by atoms with E-state index < -0.39 is 0 Å². The molecule has 2 aromatic heterocycles. The van der Waals surface area contributed by atoms with E-state index in [1.807, 2.05) is 35.2 Å². The number of anilines is 1. The molecule has 162 valence electrons. The summed E-state index contributed by atoms with van der Waals surface area (Å²) in [6, 6.07) is 14.1. The summed E-state index contributed by atoms with van der Waals surface area (Å²) in [7, 11) is 0. The van der Waals surface area contributed by atoms with Crippen LogP contribution in [0.2, 0.25) is 0 Å². The van der Waals surface area contributed by atoms with E-state index in [1.165, 1.54) is 5.56 Å². The van der Waals surface area contributed by atoms with Crippen LogP contribution in [0.5, 0.6) is 0 Å². The molecule has 3 heterocycles. The van der Waals surface area contributed by atoms with Crippen molar-refractivity contribution in [1.29, 1.82) is 0 Å². The molecule has 1 aliphatic heterocycles. The van der Waals surface area contributed by atoms with Gasteiger partial charge in [-0.2, -0.15) is 0 Å². The summed E-state index contributed by atoms with van der Waals surface area (Å²) in [5, 5.41) is 3.88. The average Bonchev–Trinajstić information content (AvgIpc) is 3.25. The number of thiazole rings is 1. The maximum atomic E-state index is 12.5. The van der Waals surface area contributed by atoms with Crippen molar-refractivity contribution in [3.8, 4) is 0 Å². The number of benzene rings is 1.